The van der Waals surface area contributed by atoms with E-state index < -0.39 is 10.0 Å². The molecule has 6 nitrogen and oxygen atoms in total. The number of halogens is 1. The quantitative estimate of drug-likeness (QED) is 0.666. The Balaban J connectivity index is 2.32. The van der Waals surface area contributed by atoms with E-state index in [0.29, 0.717) is 18.8 Å². The molecule has 0 bridgehead atoms. The Bertz CT molecular complexity index is 883. The topological polar surface area (TPSA) is 69.7 Å². The fourth-order valence-corrected chi connectivity index (χ4v) is 4.19. The summed E-state index contributed by atoms with van der Waals surface area (Å²) < 4.78 is 28.3. The highest BCUT2D eigenvalue weighted by molar-refractivity contribution is 9.10. The van der Waals surface area contributed by atoms with Crippen molar-refractivity contribution in [1.82, 2.24) is 10.2 Å². The van der Waals surface area contributed by atoms with E-state index in [1.54, 1.807) is 48.5 Å². The lowest BCUT2D eigenvalue weighted by Crippen LogP contribution is -2.42. The third-order valence-electron chi connectivity index (χ3n) is 3.87. The van der Waals surface area contributed by atoms with Gasteiger partial charge in [0.05, 0.1) is 10.6 Å². The molecule has 0 radical (unpaired) electrons. The molecule has 0 fully saturated rings. The van der Waals surface area contributed by atoms with Crippen LogP contribution in [0.4, 0.5) is 5.69 Å². The Morgan fingerprint density at radius 1 is 1.11 bits per heavy atom. The molecule has 0 aliphatic carbocycles. The Morgan fingerprint density at radius 2 is 1.78 bits per heavy atom. The van der Waals surface area contributed by atoms with Crippen LogP contribution in [0.3, 0.4) is 0 Å². The third kappa shape index (κ3) is 6.05. The number of sulfonamides is 1. The van der Waals surface area contributed by atoms with Gasteiger partial charge in [-0.05, 0) is 51.4 Å². The van der Waals surface area contributed by atoms with Gasteiger partial charge in [-0.25, -0.2) is 8.42 Å². The van der Waals surface area contributed by atoms with Gasteiger partial charge in [-0.15, -0.1) is 0 Å². The lowest BCUT2D eigenvalue weighted by molar-refractivity contribution is -0.119. The molecular weight excluding hydrogens is 430 g/mol. The number of nitrogens with zero attached hydrogens (tertiary/aromatic N) is 2. The van der Waals surface area contributed by atoms with E-state index in [0.717, 1.165) is 14.3 Å². The fraction of sp³-hybridized carbons (Fsp3) is 0.316. The second-order valence-corrected chi connectivity index (χ2v) is 9.24. The maximum atomic E-state index is 13.2. The van der Waals surface area contributed by atoms with Gasteiger partial charge in [0.25, 0.3) is 10.0 Å². The summed E-state index contributed by atoms with van der Waals surface area (Å²) in [6, 6.07) is 13.5. The summed E-state index contributed by atoms with van der Waals surface area (Å²) in [4.78, 5) is 14.5. The van der Waals surface area contributed by atoms with Gasteiger partial charge in [-0.3, -0.25) is 9.10 Å². The molecule has 8 heteroatoms. The molecule has 1 N–H and O–H groups in total. The van der Waals surface area contributed by atoms with E-state index in [9.17, 15) is 13.2 Å². The molecule has 0 unspecified atom stereocenters. The maximum Gasteiger partial charge on any atom is 0.264 e. The van der Waals surface area contributed by atoms with Crippen LogP contribution in [-0.2, 0) is 14.8 Å². The summed E-state index contributed by atoms with van der Waals surface area (Å²) in [6.45, 7) is 2.72. The third-order valence-corrected chi connectivity index (χ3v) is 6.15. The number of anilines is 1. The van der Waals surface area contributed by atoms with Crippen molar-refractivity contribution in [3.05, 3.63) is 58.6 Å². The normalized spacial score (nSPS) is 11.4. The summed E-state index contributed by atoms with van der Waals surface area (Å²) in [7, 11) is -0.0737. The SMILES string of the molecule is Cc1ccc(S(=O)(=O)N(CC(=O)NCCN(C)C)c2cccc(Br)c2)cc1. The lowest BCUT2D eigenvalue weighted by atomic mass is 10.2. The van der Waals surface area contributed by atoms with Crippen molar-refractivity contribution < 1.29 is 13.2 Å². The van der Waals surface area contributed by atoms with Crippen LogP contribution in [0.15, 0.2) is 57.9 Å². The van der Waals surface area contributed by atoms with E-state index in [4.69, 9.17) is 0 Å². The van der Waals surface area contributed by atoms with Crippen LogP contribution >= 0.6 is 15.9 Å². The van der Waals surface area contributed by atoms with Crippen LogP contribution in [0.2, 0.25) is 0 Å². The monoisotopic (exact) mass is 453 g/mol. The number of nitrogens with one attached hydrogen (secondary N) is 1. The van der Waals surface area contributed by atoms with Crippen LogP contribution in [0.1, 0.15) is 5.56 Å². The van der Waals surface area contributed by atoms with Gasteiger partial charge in [0.1, 0.15) is 6.54 Å². The molecule has 0 spiro atoms. The molecule has 0 aliphatic heterocycles. The summed E-state index contributed by atoms with van der Waals surface area (Å²) in [5.74, 6) is -0.354. The van der Waals surface area contributed by atoms with E-state index in [-0.39, 0.29) is 17.3 Å². The van der Waals surface area contributed by atoms with Gasteiger partial charge >= 0.3 is 0 Å². The van der Waals surface area contributed by atoms with Gasteiger partial charge in [0.2, 0.25) is 5.91 Å². The fourth-order valence-electron chi connectivity index (χ4n) is 2.39. The first kappa shape index (κ1) is 21.4. The zero-order chi connectivity index (χ0) is 20.0. The van der Waals surface area contributed by atoms with Crippen molar-refractivity contribution in [2.24, 2.45) is 0 Å². The van der Waals surface area contributed by atoms with Crippen LogP contribution < -0.4 is 9.62 Å². The first-order valence-electron chi connectivity index (χ1n) is 8.46. The summed E-state index contributed by atoms with van der Waals surface area (Å²) in [5, 5.41) is 2.76. The molecule has 0 aliphatic rings. The smallest absolute Gasteiger partial charge is 0.264 e. The van der Waals surface area contributed by atoms with Crippen molar-refractivity contribution in [3.63, 3.8) is 0 Å². The zero-order valence-corrected chi connectivity index (χ0v) is 18.0. The Hall–Kier alpha value is -1.90. The molecule has 0 heterocycles. The van der Waals surface area contributed by atoms with Gasteiger partial charge < -0.3 is 10.2 Å². The predicted molar refractivity (Wildman–Crippen MR) is 111 cm³/mol. The molecule has 1 amide bonds. The summed E-state index contributed by atoms with van der Waals surface area (Å²) in [6.07, 6.45) is 0. The second kappa shape index (κ2) is 9.34. The number of benzene rings is 2. The summed E-state index contributed by atoms with van der Waals surface area (Å²) in [5.41, 5.74) is 1.39. The molecule has 27 heavy (non-hydrogen) atoms. The van der Waals surface area contributed by atoms with Crippen LogP contribution in [-0.4, -0.2) is 53.0 Å². The molecule has 2 aromatic rings. The number of hydrogen-bond acceptors (Lipinski definition) is 4. The number of hydrogen-bond donors (Lipinski definition) is 1. The molecule has 0 saturated heterocycles. The highest BCUT2D eigenvalue weighted by Gasteiger charge is 2.27. The average Bonchev–Trinajstić information content (AvgIpc) is 2.59. The number of carbonyl (C=O) groups is 1. The molecule has 0 atom stereocenters. The highest BCUT2D eigenvalue weighted by Crippen LogP contribution is 2.26. The minimum atomic E-state index is -3.88. The Kier molecular flexibility index (Phi) is 7.41. The standard InChI is InChI=1S/C19H24BrN3O3S/c1-15-7-9-18(10-8-15)27(25,26)23(17-6-4-5-16(20)13-17)14-19(24)21-11-12-22(2)3/h4-10,13H,11-12,14H2,1-3H3,(H,21,24). The van der Waals surface area contributed by atoms with E-state index >= 15 is 0 Å². The predicted octanol–water partition coefficient (Wildman–Crippen LogP) is 2.63. The van der Waals surface area contributed by atoms with E-state index in [1.165, 1.54) is 0 Å². The van der Waals surface area contributed by atoms with Gasteiger partial charge in [-0.2, -0.15) is 0 Å². The number of aryl methyl sites for hydroxylation is 1. The second-order valence-electron chi connectivity index (χ2n) is 6.46. The van der Waals surface area contributed by atoms with Crippen molar-refractivity contribution in [1.29, 1.82) is 0 Å². The first-order valence-corrected chi connectivity index (χ1v) is 10.7. The van der Waals surface area contributed by atoms with E-state index in [2.05, 4.69) is 21.2 Å². The van der Waals surface area contributed by atoms with Gasteiger partial charge in [-0.1, -0.05) is 39.7 Å². The van der Waals surface area contributed by atoms with Crippen LogP contribution in [0.25, 0.3) is 0 Å². The molecule has 146 valence electrons. The minimum absolute atomic E-state index is 0.147. The Morgan fingerprint density at radius 3 is 2.37 bits per heavy atom. The first-order chi connectivity index (χ1) is 12.7. The highest BCUT2D eigenvalue weighted by atomic mass is 79.9. The largest absolute Gasteiger partial charge is 0.353 e. The lowest BCUT2D eigenvalue weighted by Gasteiger charge is -2.24. The Labute approximate surface area is 169 Å². The van der Waals surface area contributed by atoms with Gasteiger partial charge in [0, 0.05) is 17.6 Å². The van der Waals surface area contributed by atoms with Crippen molar-refractivity contribution >= 4 is 37.5 Å². The minimum Gasteiger partial charge on any atom is -0.353 e. The summed E-state index contributed by atoms with van der Waals surface area (Å²) >= 11 is 3.36. The van der Waals surface area contributed by atoms with E-state index in [1.807, 2.05) is 25.9 Å². The van der Waals surface area contributed by atoms with Crippen LogP contribution in [0.5, 0.6) is 0 Å². The maximum absolute atomic E-state index is 13.2. The molecule has 0 saturated carbocycles. The molecule has 2 rings (SSSR count). The molecule has 0 aromatic heterocycles. The molecular formula is C19H24BrN3O3S. The van der Waals surface area contributed by atoms with Crippen molar-refractivity contribution in [2.45, 2.75) is 11.8 Å². The van der Waals surface area contributed by atoms with Crippen molar-refractivity contribution in [3.8, 4) is 0 Å². The number of amides is 1. The van der Waals surface area contributed by atoms with Crippen molar-refractivity contribution in [2.75, 3.05) is 38.0 Å². The average molecular weight is 454 g/mol. The zero-order valence-electron chi connectivity index (χ0n) is 15.6. The van der Waals surface area contributed by atoms with Crippen LogP contribution in [0, 0.1) is 6.92 Å². The number of rotatable bonds is 8. The van der Waals surface area contributed by atoms with Gasteiger partial charge in [0.15, 0.2) is 0 Å². The molecule has 2 aromatic carbocycles. The number of carbonyl (C=O) groups excluding carboxylic acids is 1. The number of likely N-dealkylation sites (N-methyl/N-ethyl adjacent to an activating group) is 1.